The second-order valence-corrected chi connectivity index (χ2v) is 4.60. The van der Waals surface area contributed by atoms with Gasteiger partial charge >= 0.3 is 0 Å². The fraction of sp³-hybridized carbons (Fsp3) is 0.556. The number of hydrogen-bond acceptors (Lipinski definition) is 4. The molecular weight excluding hydrogens is 184 g/mol. The normalized spacial score (nSPS) is 12.3. The van der Waals surface area contributed by atoms with Crippen LogP contribution in [0.4, 0.5) is 0 Å². The van der Waals surface area contributed by atoms with E-state index in [1.54, 1.807) is 17.6 Å². The first kappa shape index (κ1) is 10.2. The van der Waals surface area contributed by atoms with E-state index in [4.69, 9.17) is 0 Å². The zero-order chi connectivity index (χ0) is 9.90. The van der Waals surface area contributed by atoms with E-state index in [0.29, 0.717) is 0 Å². The van der Waals surface area contributed by atoms with Crippen LogP contribution in [0, 0.1) is 0 Å². The second kappa shape index (κ2) is 3.87. The molecule has 4 heteroatoms. The third-order valence-electron chi connectivity index (χ3n) is 1.45. The Hall–Kier alpha value is -0.900. The van der Waals surface area contributed by atoms with Crippen molar-refractivity contribution in [3.8, 4) is 0 Å². The van der Waals surface area contributed by atoms with Crippen molar-refractivity contribution in [2.75, 3.05) is 7.11 Å². The maximum Gasteiger partial charge on any atom is 0.106 e. The fourth-order valence-corrected chi connectivity index (χ4v) is 1.65. The van der Waals surface area contributed by atoms with Crippen LogP contribution in [0.1, 0.15) is 31.5 Å². The van der Waals surface area contributed by atoms with E-state index >= 15 is 0 Å². The molecule has 13 heavy (non-hydrogen) atoms. The molecule has 0 aliphatic carbocycles. The first-order chi connectivity index (χ1) is 6.04. The van der Waals surface area contributed by atoms with Crippen molar-refractivity contribution in [2.24, 2.45) is 5.16 Å². The van der Waals surface area contributed by atoms with E-state index in [-0.39, 0.29) is 5.41 Å². The Balaban J connectivity index is 2.81. The summed E-state index contributed by atoms with van der Waals surface area (Å²) in [5.74, 6) is 0. The lowest BCUT2D eigenvalue weighted by molar-refractivity contribution is 0.215. The summed E-state index contributed by atoms with van der Waals surface area (Å²) in [6.45, 7) is 6.43. The highest BCUT2D eigenvalue weighted by molar-refractivity contribution is 7.10. The molecular formula is C9H14N2OS. The summed E-state index contributed by atoms with van der Waals surface area (Å²) < 4.78 is 0. The van der Waals surface area contributed by atoms with E-state index in [1.807, 2.05) is 5.38 Å². The first-order valence-corrected chi connectivity index (χ1v) is 4.94. The molecule has 0 bridgehead atoms. The highest BCUT2D eigenvalue weighted by Crippen LogP contribution is 2.24. The van der Waals surface area contributed by atoms with Crippen LogP contribution in [0.15, 0.2) is 10.5 Å². The van der Waals surface area contributed by atoms with Gasteiger partial charge in [-0.2, -0.15) is 0 Å². The third-order valence-corrected chi connectivity index (χ3v) is 2.74. The van der Waals surface area contributed by atoms with Gasteiger partial charge in [0.2, 0.25) is 0 Å². The first-order valence-electron chi connectivity index (χ1n) is 4.06. The Morgan fingerprint density at radius 2 is 2.23 bits per heavy atom. The minimum Gasteiger partial charge on any atom is -0.399 e. The Labute approximate surface area is 82.4 Å². The molecule has 1 rings (SSSR count). The van der Waals surface area contributed by atoms with Crippen molar-refractivity contribution in [1.29, 1.82) is 0 Å². The molecule has 0 amide bonds. The zero-order valence-electron chi connectivity index (χ0n) is 8.37. The van der Waals surface area contributed by atoms with Crippen LogP contribution in [0.3, 0.4) is 0 Å². The summed E-state index contributed by atoms with van der Waals surface area (Å²) in [5, 5.41) is 6.75. The van der Waals surface area contributed by atoms with Crippen molar-refractivity contribution in [2.45, 2.75) is 26.2 Å². The minimum atomic E-state index is 0.115. The van der Waals surface area contributed by atoms with Crippen molar-refractivity contribution in [1.82, 2.24) is 4.98 Å². The van der Waals surface area contributed by atoms with Gasteiger partial charge in [0.1, 0.15) is 7.11 Å². The number of thiazole rings is 1. The second-order valence-electron chi connectivity index (χ2n) is 3.74. The lowest BCUT2D eigenvalue weighted by Crippen LogP contribution is -2.10. The van der Waals surface area contributed by atoms with Crippen LogP contribution in [0.2, 0.25) is 0 Å². The molecule has 0 aromatic carbocycles. The van der Waals surface area contributed by atoms with E-state index in [1.165, 1.54) is 7.11 Å². The standard InChI is InChI=1S/C9H14N2OS/c1-9(2,3)8-11-7(6-13-8)5-10-12-4/h5-6H,1-4H3/b10-5+. The van der Waals surface area contributed by atoms with Crippen LogP contribution in [-0.2, 0) is 10.3 Å². The monoisotopic (exact) mass is 198 g/mol. The fourth-order valence-electron chi connectivity index (χ4n) is 0.797. The van der Waals surface area contributed by atoms with Gasteiger partial charge < -0.3 is 4.84 Å². The number of aromatic nitrogens is 1. The number of hydrogen-bond donors (Lipinski definition) is 0. The Kier molecular flexibility index (Phi) is 3.03. The quantitative estimate of drug-likeness (QED) is 0.540. The summed E-state index contributed by atoms with van der Waals surface area (Å²) in [6, 6.07) is 0. The van der Waals surface area contributed by atoms with Crippen LogP contribution in [-0.4, -0.2) is 18.3 Å². The molecule has 0 radical (unpaired) electrons. The van der Waals surface area contributed by atoms with E-state index in [2.05, 4.69) is 35.7 Å². The highest BCUT2D eigenvalue weighted by atomic mass is 32.1. The molecule has 72 valence electrons. The van der Waals surface area contributed by atoms with Crippen LogP contribution >= 0.6 is 11.3 Å². The molecule has 0 N–H and O–H groups in total. The molecule has 1 aromatic rings. The predicted octanol–water partition coefficient (Wildman–Crippen LogP) is 2.42. The van der Waals surface area contributed by atoms with Crippen LogP contribution in [0.25, 0.3) is 0 Å². The van der Waals surface area contributed by atoms with Gasteiger partial charge in [-0.05, 0) is 0 Å². The highest BCUT2D eigenvalue weighted by Gasteiger charge is 2.17. The van der Waals surface area contributed by atoms with Crippen molar-refractivity contribution >= 4 is 17.6 Å². The molecule has 1 heterocycles. The Bertz CT molecular complexity index is 299. The molecule has 0 atom stereocenters. The molecule has 0 unspecified atom stereocenters. The molecule has 0 fully saturated rings. The Morgan fingerprint density at radius 1 is 1.54 bits per heavy atom. The molecule has 1 aromatic heterocycles. The van der Waals surface area contributed by atoms with E-state index in [9.17, 15) is 0 Å². The van der Waals surface area contributed by atoms with Crippen LogP contribution in [0.5, 0.6) is 0 Å². The maximum atomic E-state index is 4.57. The molecule has 0 spiro atoms. The van der Waals surface area contributed by atoms with Gasteiger partial charge in [-0.3, -0.25) is 0 Å². The molecule has 0 saturated carbocycles. The summed E-state index contributed by atoms with van der Waals surface area (Å²) in [7, 11) is 1.52. The van der Waals surface area contributed by atoms with Gasteiger partial charge in [0.15, 0.2) is 0 Å². The van der Waals surface area contributed by atoms with Gasteiger partial charge in [0.25, 0.3) is 0 Å². The summed E-state index contributed by atoms with van der Waals surface area (Å²) in [6.07, 6.45) is 1.62. The van der Waals surface area contributed by atoms with Crippen molar-refractivity contribution in [3.05, 3.63) is 16.1 Å². The molecule has 0 aliphatic rings. The molecule has 0 saturated heterocycles. The average molecular weight is 198 g/mol. The molecule has 0 aliphatic heterocycles. The third kappa shape index (κ3) is 2.81. The predicted molar refractivity (Wildman–Crippen MR) is 55.4 cm³/mol. The maximum absolute atomic E-state index is 4.57. The van der Waals surface area contributed by atoms with Gasteiger partial charge in [-0.15, -0.1) is 11.3 Å². The smallest absolute Gasteiger partial charge is 0.106 e. The number of oxime groups is 1. The van der Waals surface area contributed by atoms with Crippen molar-refractivity contribution < 1.29 is 4.84 Å². The van der Waals surface area contributed by atoms with Crippen molar-refractivity contribution in [3.63, 3.8) is 0 Å². The van der Waals surface area contributed by atoms with E-state index < -0.39 is 0 Å². The van der Waals surface area contributed by atoms with Gasteiger partial charge in [0.05, 0.1) is 16.9 Å². The average Bonchev–Trinajstić information content (AvgIpc) is 2.47. The SMILES string of the molecule is CO/N=C/c1csc(C(C)(C)C)n1. The van der Waals surface area contributed by atoms with E-state index in [0.717, 1.165) is 10.7 Å². The van der Waals surface area contributed by atoms with Crippen LogP contribution < -0.4 is 0 Å². The summed E-state index contributed by atoms with van der Waals surface area (Å²) >= 11 is 1.65. The summed E-state index contributed by atoms with van der Waals surface area (Å²) in [4.78, 5) is 8.98. The topological polar surface area (TPSA) is 34.5 Å². The summed E-state index contributed by atoms with van der Waals surface area (Å²) in [5.41, 5.74) is 0.973. The molecule has 3 nitrogen and oxygen atoms in total. The lowest BCUT2D eigenvalue weighted by Gasteiger charge is -2.13. The Morgan fingerprint density at radius 3 is 2.69 bits per heavy atom. The largest absolute Gasteiger partial charge is 0.399 e. The lowest BCUT2D eigenvalue weighted by atomic mass is 9.98. The number of nitrogens with zero attached hydrogens (tertiary/aromatic N) is 2. The van der Waals surface area contributed by atoms with Gasteiger partial charge in [-0.1, -0.05) is 25.9 Å². The zero-order valence-corrected chi connectivity index (χ0v) is 9.18. The van der Waals surface area contributed by atoms with Gasteiger partial charge in [0, 0.05) is 10.8 Å². The minimum absolute atomic E-state index is 0.115. The number of rotatable bonds is 2. The van der Waals surface area contributed by atoms with Gasteiger partial charge in [-0.25, -0.2) is 4.98 Å².